The largest absolute Gasteiger partial charge is 0.497 e. The van der Waals surface area contributed by atoms with Gasteiger partial charge in [-0.05, 0) is 73.7 Å². The number of carbonyl (C=O) groups excluding carboxylic acids is 1. The van der Waals surface area contributed by atoms with Gasteiger partial charge in [-0.3, -0.25) is 4.79 Å². The number of H-pyrrole nitrogens is 1. The van der Waals surface area contributed by atoms with Crippen molar-refractivity contribution in [1.29, 1.82) is 0 Å². The fourth-order valence-corrected chi connectivity index (χ4v) is 5.57. The molecule has 2 aromatic carbocycles. The van der Waals surface area contributed by atoms with Gasteiger partial charge < -0.3 is 19.4 Å². The van der Waals surface area contributed by atoms with Crippen LogP contribution >= 0.6 is 0 Å². The van der Waals surface area contributed by atoms with Gasteiger partial charge in [-0.2, -0.15) is 4.72 Å². The summed E-state index contributed by atoms with van der Waals surface area (Å²) in [4.78, 5) is 18.1. The summed E-state index contributed by atoms with van der Waals surface area (Å²) in [5.41, 5.74) is 2.29. The van der Waals surface area contributed by atoms with E-state index in [0.717, 1.165) is 29.5 Å². The number of ether oxygens (including phenoxy) is 2. The van der Waals surface area contributed by atoms with E-state index in [-0.39, 0.29) is 10.8 Å². The zero-order valence-electron chi connectivity index (χ0n) is 19.0. The van der Waals surface area contributed by atoms with Crippen LogP contribution in [-0.4, -0.2) is 57.6 Å². The highest BCUT2D eigenvalue weighted by Gasteiger charge is 2.30. The number of sulfonamides is 1. The number of nitrogens with one attached hydrogen (secondary N) is 2. The maximum atomic E-state index is 13.0. The van der Waals surface area contributed by atoms with E-state index < -0.39 is 16.1 Å². The Morgan fingerprint density at radius 1 is 1.06 bits per heavy atom. The molecule has 1 amide bonds. The fourth-order valence-electron chi connectivity index (χ4n) is 4.38. The first kappa shape index (κ1) is 23.1. The molecule has 9 heteroatoms. The second-order valence-corrected chi connectivity index (χ2v) is 9.99. The Morgan fingerprint density at radius 3 is 2.33 bits per heavy atom. The standard InChI is InChI=1S/C24H29N3O5S/c1-16(26-33(29,30)20-7-4-18(31-2)5-8-20)24(28)27-12-10-17(11-13-27)22-15-25-23-9-6-19(32-3)14-21(22)23/h4-9,14-17,25-26H,10-13H2,1-3H3/t16-/m0/s1. The molecule has 0 unspecified atom stereocenters. The summed E-state index contributed by atoms with van der Waals surface area (Å²) in [5, 5.41) is 1.14. The van der Waals surface area contributed by atoms with Crippen LogP contribution in [0.2, 0.25) is 0 Å². The van der Waals surface area contributed by atoms with Gasteiger partial charge in [0.25, 0.3) is 0 Å². The fraction of sp³-hybridized carbons (Fsp3) is 0.375. The molecule has 0 bridgehead atoms. The van der Waals surface area contributed by atoms with Crippen LogP contribution in [0.5, 0.6) is 11.5 Å². The first-order valence-corrected chi connectivity index (χ1v) is 12.4. The summed E-state index contributed by atoms with van der Waals surface area (Å²) in [6.45, 7) is 2.74. The number of benzene rings is 2. The highest BCUT2D eigenvalue weighted by molar-refractivity contribution is 7.89. The van der Waals surface area contributed by atoms with Crippen molar-refractivity contribution in [1.82, 2.24) is 14.6 Å². The maximum Gasteiger partial charge on any atom is 0.241 e. The lowest BCUT2D eigenvalue weighted by molar-refractivity contribution is -0.133. The molecule has 2 heterocycles. The number of carbonyl (C=O) groups is 1. The van der Waals surface area contributed by atoms with E-state index in [9.17, 15) is 13.2 Å². The molecule has 4 rings (SSSR count). The average Bonchev–Trinajstić information content (AvgIpc) is 3.26. The molecule has 0 spiro atoms. The van der Waals surface area contributed by atoms with Gasteiger partial charge in [-0.1, -0.05) is 0 Å². The van der Waals surface area contributed by atoms with Gasteiger partial charge in [0, 0.05) is 30.2 Å². The molecule has 1 fully saturated rings. The molecule has 1 aromatic heterocycles. The highest BCUT2D eigenvalue weighted by Crippen LogP contribution is 2.34. The number of aromatic amines is 1. The van der Waals surface area contributed by atoms with Crippen LogP contribution in [0.25, 0.3) is 10.9 Å². The minimum absolute atomic E-state index is 0.0939. The normalized spacial score (nSPS) is 16.0. The van der Waals surface area contributed by atoms with E-state index in [1.54, 1.807) is 31.1 Å². The summed E-state index contributed by atoms with van der Waals surface area (Å²) in [7, 11) is -0.645. The van der Waals surface area contributed by atoms with E-state index in [1.165, 1.54) is 24.8 Å². The highest BCUT2D eigenvalue weighted by atomic mass is 32.2. The van der Waals surface area contributed by atoms with E-state index in [2.05, 4.69) is 9.71 Å². The van der Waals surface area contributed by atoms with Crippen molar-refractivity contribution in [3.8, 4) is 11.5 Å². The van der Waals surface area contributed by atoms with E-state index >= 15 is 0 Å². The van der Waals surface area contributed by atoms with Crippen molar-refractivity contribution < 1.29 is 22.7 Å². The summed E-state index contributed by atoms with van der Waals surface area (Å²) < 4.78 is 38.3. The van der Waals surface area contributed by atoms with Crippen LogP contribution in [0.3, 0.4) is 0 Å². The minimum atomic E-state index is -3.81. The van der Waals surface area contributed by atoms with Crippen molar-refractivity contribution >= 4 is 26.8 Å². The monoisotopic (exact) mass is 471 g/mol. The van der Waals surface area contributed by atoms with Gasteiger partial charge in [0.2, 0.25) is 15.9 Å². The van der Waals surface area contributed by atoms with E-state index in [0.29, 0.717) is 24.8 Å². The summed E-state index contributed by atoms with van der Waals surface area (Å²) in [6, 6.07) is 11.2. The van der Waals surface area contributed by atoms with E-state index in [1.807, 2.05) is 24.4 Å². The minimum Gasteiger partial charge on any atom is -0.497 e. The molecule has 1 aliphatic rings. The van der Waals surface area contributed by atoms with Crippen LogP contribution in [0.1, 0.15) is 31.2 Å². The van der Waals surface area contributed by atoms with Crippen LogP contribution in [0.15, 0.2) is 53.6 Å². The number of fused-ring (bicyclic) bond motifs is 1. The lowest BCUT2D eigenvalue weighted by atomic mass is 9.89. The number of amides is 1. The molecule has 0 radical (unpaired) electrons. The molecule has 2 N–H and O–H groups in total. The van der Waals surface area contributed by atoms with Crippen molar-refractivity contribution in [3.63, 3.8) is 0 Å². The Bertz CT molecular complexity index is 1230. The number of likely N-dealkylation sites (tertiary alicyclic amines) is 1. The first-order chi connectivity index (χ1) is 15.8. The third-order valence-electron chi connectivity index (χ3n) is 6.24. The van der Waals surface area contributed by atoms with Crippen molar-refractivity contribution in [2.45, 2.75) is 36.6 Å². The maximum absolute atomic E-state index is 13.0. The van der Waals surface area contributed by atoms with Crippen LogP contribution in [-0.2, 0) is 14.8 Å². The molecule has 8 nitrogen and oxygen atoms in total. The molecule has 1 saturated heterocycles. The van der Waals surface area contributed by atoms with Gasteiger partial charge in [0.05, 0.1) is 25.2 Å². The summed E-state index contributed by atoms with van der Waals surface area (Å²) >= 11 is 0. The number of hydrogen-bond donors (Lipinski definition) is 2. The van der Waals surface area contributed by atoms with Gasteiger partial charge in [-0.15, -0.1) is 0 Å². The number of aromatic nitrogens is 1. The third-order valence-corrected chi connectivity index (χ3v) is 7.80. The van der Waals surface area contributed by atoms with Crippen LogP contribution in [0, 0.1) is 0 Å². The second-order valence-electron chi connectivity index (χ2n) is 8.27. The Balaban J connectivity index is 1.38. The van der Waals surface area contributed by atoms with Crippen molar-refractivity contribution in [2.24, 2.45) is 0 Å². The van der Waals surface area contributed by atoms with Gasteiger partial charge in [-0.25, -0.2) is 8.42 Å². The smallest absolute Gasteiger partial charge is 0.241 e. The predicted octanol–water partition coefficient (Wildman–Crippen LogP) is 3.26. The molecule has 1 aliphatic heterocycles. The van der Waals surface area contributed by atoms with Gasteiger partial charge >= 0.3 is 0 Å². The van der Waals surface area contributed by atoms with E-state index in [4.69, 9.17) is 9.47 Å². The Hall–Kier alpha value is -3.04. The Labute approximate surface area is 193 Å². The number of methoxy groups -OCH3 is 2. The summed E-state index contributed by atoms with van der Waals surface area (Å²) in [5.74, 6) is 1.48. The molecular formula is C24H29N3O5S. The number of hydrogen-bond acceptors (Lipinski definition) is 5. The zero-order chi connectivity index (χ0) is 23.6. The molecular weight excluding hydrogens is 442 g/mol. The lowest BCUT2D eigenvalue weighted by Crippen LogP contribution is -2.49. The summed E-state index contributed by atoms with van der Waals surface area (Å²) in [6.07, 6.45) is 3.67. The molecule has 0 aliphatic carbocycles. The first-order valence-electron chi connectivity index (χ1n) is 10.9. The second kappa shape index (κ2) is 9.44. The van der Waals surface area contributed by atoms with Gasteiger partial charge in [0.15, 0.2) is 0 Å². The quantitative estimate of drug-likeness (QED) is 0.551. The molecule has 1 atom stereocenters. The molecule has 3 aromatic rings. The SMILES string of the molecule is COc1ccc(S(=O)(=O)N[C@@H](C)C(=O)N2CCC(c3c[nH]c4ccc(OC)cc34)CC2)cc1. The van der Waals surface area contributed by atoms with Gasteiger partial charge in [0.1, 0.15) is 11.5 Å². The Morgan fingerprint density at radius 2 is 1.70 bits per heavy atom. The average molecular weight is 472 g/mol. The number of piperidine rings is 1. The predicted molar refractivity (Wildman–Crippen MR) is 126 cm³/mol. The van der Waals surface area contributed by atoms with Crippen molar-refractivity contribution in [3.05, 3.63) is 54.2 Å². The third kappa shape index (κ3) is 4.84. The molecule has 0 saturated carbocycles. The molecule has 33 heavy (non-hydrogen) atoms. The zero-order valence-corrected chi connectivity index (χ0v) is 19.8. The topological polar surface area (TPSA) is 101 Å². The lowest BCUT2D eigenvalue weighted by Gasteiger charge is -2.33. The molecule has 176 valence electrons. The number of rotatable bonds is 7. The van der Waals surface area contributed by atoms with Crippen molar-refractivity contribution in [2.75, 3.05) is 27.3 Å². The Kier molecular flexibility index (Phi) is 6.62. The van der Waals surface area contributed by atoms with Crippen LogP contribution < -0.4 is 14.2 Å². The number of nitrogens with zero attached hydrogens (tertiary/aromatic N) is 1. The van der Waals surface area contributed by atoms with Crippen LogP contribution in [0.4, 0.5) is 0 Å².